The molecule has 7 heteroatoms. The predicted octanol–water partition coefficient (Wildman–Crippen LogP) is 4.50. The van der Waals surface area contributed by atoms with Gasteiger partial charge in [0.2, 0.25) is 0 Å². The van der Waals surface area contributed by atoms with Crippen molar-refractivity contribution < 1.29 is 4.79 Å². The molecule has 2 aromatic carbocycles. The molecule has 138 valence electrons. The van der Waals surface area contributed by atoms with Crippen molar-refractivity contribution in [1.29, 1.82) is 0 Å². The van der Waals surface area contributed by atoms with Crippen LogP contribution in [0.25, 0.3) is 20.4 Å². The molecule has 0 aliphatic heterocycles. The highest BCUT2D eigenvalue weighted by Gasteiger charge is 2.21. The Balaban J connectivity index is 1.68. The summed E-state index contributed by atoms with van der Waals surface area (Å²) in [6.45, 7) is 1.56. The first-order chi connectivity index (χ1) is 13.1. The van der Waals surface area contributed by atoms with E-state index >= 15 is 0 Å². The first kappa shape index (κ1) is 18.0. The van der Waals surface area contributed by atoms with Gasteiger partial charge < -0.3 is 4.90 Å². The number of benzene rings is 2. The summed E-state index contributed by atoms with van der Waals surface area (Å²) in [4.78, 5) is 26.3. The normalized spacial score (nSPS) is 11.5. The summed E-state index contributed by atoms with van der Waals surface area (Å²) in [6.07, 6.45) is 0.886. The molecule has 0 spiro atoms. The van der Waals surface area contributed by atoms with Crippen molar-refractivity contribution in [2.75, 3.05) is 32.1 Å². The van der Waals surface area contributed by atoms with Gasteiger partial charge in [0.15, 0.2) is 5.13 Å². The number of carbonyl (C=O) groups is 1. The summed E-state index contributed by atoms with van der Waals surface area (Å²) in [7, 11) is 4.09. The van der Waals surface area contributed by atoms with Crippen molar-refractivity contribution in [1.82, 2.24) is 14.9 Å². The van der Waals surface area contributed by atoms with E-state index in [0.29, 0.717) is 12.1 Å². The summed E-state index contributed by atoms with van der Waals surface area (Å²) in [6, 6.07) is 13.7. The number of anilines is 1. The maximum absolute atomic E-state index is 13.3. The summed E-state index contributed by atoms with van der Waals surface area (Å²) in [5, 5.41) is 0.754. The lowest BCUT2D eigenvalue weighted by Gasteiger charge is -2.21. The molecule has 0 fully saturated rings. The molecule has 0 N–H and O–H groups in total. The first-order valence-electron chi connectivity index (χ1n) is 8.77. The van der Waals surface area contributed by atoms with E-state index in [-0.39, 0.29) is 5.91 Å². The van der Waals surface area contributed by atoms with Crippen LogP contribution in [-0.4, -0.2) is 48.0 Å². The fourth-order valence-electron chi connectivity index (χ4n) is 2.95. The van der Waals surface area contributed by atoms with Crippen LogP contribution >= 0.6 is 22.7 Å². The molecule has 4 rings (SSSR count). The zero-order valence-corrected chi connectivity index (χ0v) is 16.9. The minimum absolute atomic E-state index is 0.0110. The lowest BCUT2D eigenvalue weighted by Crippen LogP contribution is -2.33. The van der Waals surface area contributed by atoms with Gasteiger partial charge in [-0.1, -0.05) is 23.5 Å². The van der Waals surface area contributed by atoms with Crippen molar-refractivity contribution in [2.24, 2.45) is 0 Å². The fraction of sp³-hybridized carbons (Fsp3) is 0.250. The first-order valence-corrected chi connectivity index (χ1v) is 10.5. The number of para-hydroxylation sites is 1. The van der Waals surface area contributed by atoms with Crippen LogP contribution < -0.4 is 4.90 Å². The van der Waals surface area contributed by atoms with Crippen LogP contribution in [0.15, 0.2) is 48.0 Å². The second-order valence-corrected chi connectivity index (χ2v) is 8.51. The van der Waals surface area contributed by atoms with Crippen molar-refractivity contribution in [3.8, 4) is 0 Å². The monoisotopic (exact) mass is 396 g/mol. The van der Waals surface area contributed by atoms with Gasteiger partial charge >= 0.3 is 0 Å². The quantitative estimate of drug-likeness (QED) is 0.481. The molecule has 1 amide bonds. The molecule has 0 aliphatic rings. The van der Waals surface area contributed by atoms with E-state index in [1.165, 1.54) is 0 Å². The van der Waals surface area contributed by atoms with E-state index in [1.807, 2.05) is 61.5 Å². The molecule has 0 atom stereocenters. The molecule has 2 aromatic heterocycles. The van der Waals surface area contributed by atoms with Crippen LogP contribution in [0.1, 0.15) is 16.8 Å². The number of aromatic nitrogens is 2. The van der Waals surface area contributed by atoms with Crippen molar-refractivity contribution >= 4 is 54.1 Å². The van der Waals surface area contributed by atoms with E-state index in [2.05, 4.69) is 9.88 Å². The molecular weight excluding hydrogens is 376 g/mol. The van der Waals surface area contributed by atoms with Gasteiger partial charge in [-0.2, -0.15) is 0 Å². The number of hydrogen-bond donors (Lipinski definition) is 0. The Kier molecular flexibility index (Phi) is 5.15. The SMILES string of the molecule is CN(C)CCCN(C(=O)c1ccc2ncsc2c1)c1nc2ccccc2s1. The van der Waals surface area contributed by atoms with Gasteiger partial charge in [0.05, 0.1) is 25.9 Å². The smallest absolute Gasteiger partial charge is 0.260 e. The number of rotatable bonds is 6. The molecule has 0 unspecified atom stereocenters. The molecule has 0 bridgehead atoms. The van der Waals surface area contributed by atoms with E-state index in [4.69, 9.17) is 4.98 Å². The molecule has 5 nitrogen and oxygen atoms in total. The minimum atomic E-state index is -0.0110. The number of thiazole rings is 2. The van der Waals surface area contributed by atoms with Gasteiger partial charge in [-0.25, -0.2) is 9.97 Å². The summed E-state index contributed by atoms with van der Waals surface area (Å²) >= 11 is 3.11. The second kappa shape index (κ2) is 7.72. The average molecular weight is 397 g/mol. The molecule has 0 radical (unpaired) electrons. The van der Waals surface area contributed by atoms with E-state index < -0.39 is 0 Å². The van der Waals surface area contributed by atoms with E-state index in [1.54, 1.807) is 28.2 Å². The van der Waals surface area contributed by atoms with Crippen molar-refractivity contribution in [3.63, 3.8) is 0 Å². The van der Waals surface area contributed by atoms with Crippen molar-refractivity contribution in [3.05, 3.63) is 53.5 Å². The number of hydrogen-bond acceptors (Lipinski definition) is 6. The third-order valence-electron chi connectivity index (χ3n) is 4.32. The predicted molar refractivity (Wildman–Crippen MR) is 114 cm³/mol. The lowest BCUT2D eigenvalue weighted by atomic mass is 10.2. The van der Waals surface area contributed by atoms with Crippen LogP contribution in [-0.2, 0) is 0 Å². The zero-order chi connectivity index (χ0) is 18.8. The third-order valence-corrected chi connectivity index (χ3v) is 6.18. The van der Waals surface area contributed by atoms with Crippen molar-refractivity contribution in [2.45, 2.75) is 6.42 Å². The van der Waals surface area contributed by atoms with Gasteiger partial charge in [0.1, 0.15) is 0 Å². The standard InChI is InChI=1S/C20H20N4OS2/c1-23(2)10-5-11-24(20-22-16-6-3-4-7-17(16)27-20)19(25)14-8-9-15-18(12-14)26-13-21-15/h3-4,6-9,12-13H,5,10-11H2,1-2H3. The van der Waals surface area contributed by atoms with Gasteiger partial charge in [-0.15, -0.1) is 11.3 Å². The number of nitrogens with zero attached hydrogens (tertiary/aromatic N) is 4. The maximum Gasteiger partial charge on any atom is 0.260 e. The van der Waals surface area contributed by atoms with Gasteiger partial charge in [0.25, 0.3) is 5.91 Å². The molecule has 0 aliphatic carbocycles. The summed E-state index contributed by atoms with van der Waals surface area (Å²) in [5.74, 6) is -0.0110. The Hall–Kier alpha value is -2.35. The van der Waals surface area contributed by atoms with Crippen LogP contribution in [0, 0.1) is 0 Å². The Morgan fingerprint density at radius 1 is 1.04 bits per heavy atom. The highest BCUT2D eigenvalue weighted by molar-refractivity contribution is 7.22. The fourth-order valence-corrected chi connectivity index (χ4v) is 4.65. The Morgan fingerprint density at radius 2 is 1.89 bits per heavy atom. The lowest BCUT2D eigenvalue weighted by molar-refractivity contribution is 0.0986. The maximum atomic E-state index is 13.3. The Bertz CT molecular complexity index is 1050. The Labute approximate surface area is 165 Å². The highest BCUT2D eigenvalue weighted by atomic mass is 32.1. The van der Waals surface area contributed by atoms with E-state index in [9.17, 15) is 4.79 Å². The topological polar surface area (TPSA) is 49.3 Å². The average Bonchev–Trinajstić information content (AvgIpc) is 3.30. The van der Waals surface area contributed by atoms with Crippen LogP contribution in [0.2, 0.25) is 0 Å². The molecule has 4 aromatic rings. The summed E-state index contributed by atoms with van der Waals surface area (Å²) in [5.41, 5.74) is 4.34. The minimum Gasteiger partial charge on any atom is -0.309 e. The third kappa shape index (κ3) is 3.85. The van der Waals surface area contributed by atoms with Crippen LogP contribution in [0.3, 0.4) is 0 Å². The highest BCUT2D eigenvalue weighted by Crippen LogP contribution is 2.30. The molecule has 0 saturated carbocycles. The van der Waals surface area contributed by atoms with Crippen LogP contribution in [0.5, 0.6) is 0 Å². The largest absolute Gasteiger partial charge is 0.309 e. The molecule has 27 heavy (non-hydrogen) atoms. The zero-order valence-electron chi connectivity index (χ0n) is 15.3. The number of carbonyl (C=O) groups excluding carboxylic acids is 1. The number of fused-ring (bicyclic) bond motifs is 2. The second-order valence-electron chi connectivity index (χ2n) is 6.61. The Morgan fingerprint density at radius 3 is 2.70 bits per heavy atom. The van der Waals surface area contributed by atoms with Gasteiger partial charge in [0, 0.05) is 12.1 Å². The van der Waals surface area contributed by atoms with E-state index in [0.717, 1.165) is 38.5 Å². The number of amides is 1. The summed E-state index contributed by atoms with van der Waals surface area (Å²) < 4.78 is 2.12. The molecule has 0 saturated heterocycles. The molecular formula is C20H20N4OS2. The van der Waals surface area contributed by atoms with Crippen LogP contribution in [0.4, 0.5) is 5.13 Å². The van der Waals surface area contributed by atoms with Gasteiger partial charge in [-0.3, -0.25) is 9.69 Å². The molecule has 2 heterocycles. The van der Waals surface area contributed by atoms with Gasteiger partial charge in [-0.05, 0) is 57.4 Å².